The van der Waals surface area contributed by atoms with Crippen molar-refractivity contribution in [1.82, 2.24) is 10.2 Å². The SMILES string of the molecule is COCCNC(=O)c1ccc(NC(=O)c2ccc3c(c2)C(=O)N(CC2CCCO2)C3=O)cc1. The number of methoxy groups -OCH3 is 1. The molecule has 0 radical (unpaired) electrons. The highest BCUT2D eigenvalue weighted by Crippen LogP contribution is 2.26. The van der Waals surface area contributed by atoms with Gasteiger partial charge in [-0.3, -0.25) is 24.1 Å². The van der Waals surface area contributed by atoms with Crippen LogP contribution in [0.25, 0.3) is 0 Å². The number of nitrogens with zero attached hydrogens (tertiary/aromatic N) is 1. The molecular weight excluding hydrogens is 426 g/mol. The van der Waals surface area contributed by atoms with Crippen molar-refractivity contribution in [3.05, 3.63) is 64.7 Å². The number of hydrogen-bond acceptors (Lipinski definition) is 6. The standard InChI is InChI=1S/C24H25N3O6/c1-32-12-10-25-21(28)15-4-7-17(8-5-15)26-22(29)16-6-9-19-20(13-16)24(31)27(23(19)30)14-18-3-2-11-33-18/h4-9,13,18H,2-3,10-12,14H2,1H3,(H,25,28)(H,26,29). The lowest BCUT2D eigenvalue weighted by atomic mass is 10.1. The Balaban J connectivity index is 1.41. The van der Waals surface area contributed by atoms with Gasteiger partial charge in [0.05, 0.1) is 30.4 Å². The fourth-order valence-electron chi connectivity index (χ4n) is 3.87. The van der Waals surface area contributed by atoms with Gasteiger partial charge >= 0.3 is 0 Å². The number of fused-ring (bicyclic) bond motifs is 1. The molecule has 0 bridgehead atoms. The smallest absolute Gasteiger partial charge is 0.261 e. The lowest BCUT2D eigenvalue weighted by Gasteiger charge is -2.17. The van der Waals surface area contributed by atoms with Crippen molar-refractivity contribution in [2.75, 3.05) is 38.7 Å². The molecule has 0 aliphatic carbocycles. The predicted octanol–water partition coefficient (Wildman–Crippen LogP) is 2.09. The van der Waals surface area contributed by atoms with Crippen LogP contribution >= 0.6 is 0 Å². The first-order valence-corrected chi connectivity index (χ1v) is 10.8. The normalized spacial score (nSPS) is 17.2. The Morgan fingerprint density at radius 3 is 2.45 bits per heavy atom. The molecule has 1 atom stereocenters. The largest absolute Gasteiger partial charge is 0.383 e. The second kappa shape index (κ2) is 9.93. The number of benzene rings is 2. The number of ether oxygens (including phenoxy) is 2. The lowest BCUT2D eigenvalue weighted by Crippen LogP contribution is -2.36. The van der Waals surface area contributed by atoms with Crippen molar-refractivity contribution >= 4 is 29.3 Å². The van der Waals surface area contributed by atoms with E-state index in [-0.39, 0.29) is 35.6 Å². The third-order valence-corrected chi connectivity index (χ3v) is 5.64. The third-order valence-electron chi connectivity index (χ3n) is 5.64. The monoisotopic (exact) mass is 451 g/mol. The van der Waals surface area contributed by atoms with Gasteiger partial charge in [-0.2, -0.15) is 0 Å². The van der Waals surface area contributed by atoms with Gasteiger partial charge in [0.25, 0.3) is 23.6 Å². The highest BCUT2D eigenvalue weighted by Gasteiger charge is 2.37. The zero-order valence-corrected chi connectivity index (χ0v) is 18.3. The molecular formula is C24H25N3O6. The van der Waals surface area contributed by atoms with Crippen LogP contribution in [-0.2, 0) is 9.47 Å². The van der Waals surface area contributed by atoms with Gasteiger partial charge in [0, 0.05) is 37.1 Å². The molecule has 4 amide bonds. The minimum Gasteiger partial charge on any atom is -0.383 e. The molecule has 9 nitrogen and oxygen atoms in total. The van der Waals surface area contributed by atoms with Gasteiger partial charge < -0.3 is 20.1 Å². The van der Waals surface area contributed by atoms with Gasteiger partial charge in [-0.05, 0) is 55.3 Å². The van der Waals surface area contributed by atoms with Crippen LogP contribution in [0.15, 0.2) is 42.5 Å². The van der Waals surface area contributed by atoms with E-state index in [4.69, 9.17) is 9.47 Å². The van der Waals surface area contributed by atoms with Crippen LogP contribution in [0.2, 0.25) is 0 Å². The number of amides is 4. The van der Waals surface area contributed by atoms with Crippen molar-refractivity contribution in [3.8, 4) is 0 Å². The molecule has 1 saturated heterocycles. The number of nitrogens with one attached hydrogen (secondary N) is 2. The Morgan fingerprint density at radius 2 is 1.76 bits per heavy atom. The first-order valence-electron chi connectivity index (χ1n) is 10.8. The molecule has 4 rings (SSSR count). The number of rotatable bonds is 8. The van der Waals surface area contributed by atoms with Crippen molar-refractivity contribution in [2.24, 2.45) is 0 Å². The van der Waals surface area contributed by atoms with Gasteiger partial charge in [0.1, 0.15) is 0 Å². The molecule has 2 aromatic rings. The van der Waals surface area contributed by atoms with E-state index in [0.29, 0.717) is 36.6 Å². The number of hydrogen-bond donors (Lipinski definition) is 2. The molecule has 2 aromatic carbocycles. The lowest BCUT2D eigenvalue weighted by molar-refractivity contribution is 0.0475. The minimum atomic E-state index is -0.423. The Labute approximate surface area is 191 Å². The zero-order chi connectivity index (χ0) is 23.4. The van der Waals surface area contributed by atoms with Gasteiger partial charge in [0.15, 0.2) is 0 Å². The fourth-order valence-corrected chi connectivity index (χ4v) is 3.87. The molecule has 33 heavy (non-hydrogen) atoms. The highest BCUT2D eigenvalue weighted by atomic mass is 16.5. The second-order valence-electron chi connectivity index (χ2n) is 7.90. The summed E-state index contributed by atoms with van der Waals surface area (Å²) in [6.45, 7) is 1.68. The molecule has 0 aromatic heterocycles. The molecule has 1 fully saturated rings. The van der Waals surface area contributed by atoms with Crippen LogP contribution in [0, 0.1) is 0 Å². The molecule has 2 aliphatic rings. The maximum Gasteiger partial charge on any atom is 0.261 e. The Bertz CT molecular complexity index is 1080. The Hall–Kier alpha value is -3.56. The number of anilines is 1. The first kappa shape index (κ1) is 22.6. The maximum atomic E-state index is 12.8. The van der Waals surface area contributed by atoms with Gasteiger partial charge in [-0.25, -0.2) is 0 Å². The fraction of sp³-hybridized carbons (Fsp3) is 0.333. The Morgan fingerprint density at radius 1 is 1.03 bits per heavy atom. The van der Waals surface area contributed by atoms with E-state index in [1.807, 2.05) is 0 Å². The minimum absolute atomic E-state index is 0.139. The quantitative estimate of drug-likeness (QED) is 0.469. The number of imide groups is 1. The molecule has 0 spiro atoms. The maximum absolute atomic E-state index is 12.8. The summed E-state index contributed by atoms with van der Waals surface area (Å²) in [5.41, 5.74) is 1.72. The molecule has 2 N–H and O–H groups in total. The summed E-state index contributed by atoms with van der Waals surface area (Å²) in [4.78, 5) is 51.4. The van der Waals surface area contributed by atoms with E-state index in [9.17, 15) is 19.2 Å². The van der Waals surface area contributed by atoms with E-state index in [2.05, 4.69) is 10.6 Å². The van der Waals surface area contributed by atoms with Crippen LogP contribution in [-0.4, -0.2) is 68.0 Å². The van der Waals surface area contributed by atoms with Crippen LogP contribution in [0.4, 0.5) is 5.69 Å². The molecule has 9 heteroatoms. The van der Waals surface area contributed by atoms with Gasteiger partial charge in [-0.1, -0.05) is 0 Å². The highest BCUT2D eigenvalue weighted by molar-refractivity contribution is 6.22. The van der Waals surface area contributed by atoms with E-state index >= 15 is 0 Å². The number of carbonyl (C=O) groups excluding carboxylic acids is 4. The summed E-state index contributed by atoms with van der Waals surface area (Å²) in [7, 11) is 1.56. The van der Waals surface area contributed by atoms with Gasteiger partial charge in [0.2, 0.25) is 0 Å². The summed E-state index contributed by atoms with van der Waals surface area (Å²) in [6, 6.07) is 10.9. The second-order valence-corrected chi connectivity index (χ2v) is 7.90. The van der Waals surface area contributed by atoms with Crippen molar-refractivity contribution in [1.29, 1.82) is 0 Å². The van der Waals surface area contributed by atoms with Crippen molar-refractivity contribution in [3.63, 3.8) is 0 Å². The zero-order valence-electron chi connectivity index (χ0n) is 18.3. The van der Waals surface area contributed by atoms with E-state index in [0.717, 1.165) is 12.8 Å². The van der Waals surface area contributed by atoms with Crippen molar-refractivity contribution < 1.29 is 28.7 Å². The third kappa shape index (κ3) is 4.94. The summed E-state index contributed by atoms with van der Waals surface area (Å²) >= 11 is 0. The van der Waals surface area contributed by atoms with Crippen LogP contribution < -0.4 is 10.6 Å². The molecule has 2 heterocycles. The van der Waals surface area contributed by atoms with Crippen LogP contribution in [0.1, 0.15) is 54.3 Å². The van der Waals surface area contributed by atoms with Gasteiger partial charge in [-0.15, -0.1) is 0 Å². The molecule has 1 unspecified atom stereocenters. The van der Waals surface area contributed by atoms with Crippen molar-refractivity contribution in [2.45, 2.75) is 18.9 Å². The predicted molar refractivity (Wildman–Crippen MR) is 119 cm³/mol. The van der Waals surface area contributed by atoms with E-state index in [1.165, 1.54) is 23.1 Å². The average molecular weight is 451 g/mol. The Kier molecular flexibility index (Phi) is 6.81. The summed E-state index contributed by atoms with van der Waals surface area (Å²) in [6.07, 6.45) is 1.59. The van der Waals surface area contributed by atoms with Crippen LogP contribution in [0.3, 0.4) is 0 Å². The van der Waals surface area contributed by atoms with Crippen LogP contribution in [0.5, 0.6) is 0 Å². The first-order chi connectivity index (χ1) is 16.0. The summed E-state index contributed by atoms with van der Waals surface area (Å²) < 4.78 is 10.4. The molecule has 172 valence electrons. The average Bonchev–Trinajstić information content (AvgIpc) is 3.42. The topological polar surface area (TPSA) is 114 Å². The summed E-state index contributed by atoms with van der Waals surface area (Å²) in [5, 5.41) is 5.46. The van der Waals surface area contributed by atoms with E-state index < -0.39 is 11.8 Å². The molecule has 2 aliphatic heterocycles. The molecule has 0 saturated carbocycles. The van der Waals surface area contributed by atoms with E-state index in [1.54, 1.807) is 31.4 Å². The number of carbonyl (C=O) groups is 4. The summed E-state index contributed by atoms with van der Waals surface area (Å²) in [5.74, 6) is -1.44.